The number of para-hydroxylation sites is 1. The lowest BCUT2D eigenvalue weighted by molar-refractivity contribution is -0.133. The second-order valence-corrected chi connectivity index (χ2v) is 7.10. The zero-order valence-corrected chi connectivity index (χ0v) is 16.7. The molecule has 7 nitrogen and oxygen atoms in total. The molecule has 0 aromatic heterocycles. The molecule has 0 radical (unpaired) electrons. The number of likely N-dealkylation sites (tertiary alicyclic amines) is 1. The highest BCUT2D eigenvalue weighted by molar-refractivity contribution is 5.97. The van der Waals surface area contributed by atoms with Gasteiger partial charge in [0.1, 0.15) is 5.75 Å². The lowest BCUT2D eigenvalue weighted by Gasteiger charge is -2.31. The molecule has 0 saturated carbocycles. The summed E-state index contributed by atoms with van der Waals surface area (Å²) in [7, 11) is 0. The van der Waals surface area contributed by atoms with Crippen molar-refractivity contribution in [1.82, 2.24) is 10.2 Å². The molecular formula is C22H23F2N3O4. The number of rotatable bonds is 7. The number of hydrogen-bond acceptors (Lipinski definition) is 4. The first-order valence-electron chi connectivity index (χ1n) is 9.89. The maximum absolute atomic E-state index is 12.4. The Labute approximate surface area is 178 Å². The summed E-state index contributed by atoms with van der Waals surface area (Å²) in [6, 6.07) is 14.5. The van der Waals surface area contributed by atoms with E-state index in [1.807, 2.05) is 30.3 Å². The second-order valence-electron chi connectivity index (χ2n) is 7.10. The third-order valence-corrected chi connectivity index (χ3v) is 4.98. The number of anilines is 1. The zero-order valence-electron chi connectivity index (χ0n) is 16.7. The van der Waals surface area contributed by atoms with Crippen molar-refractivity contribution in [2.45, 2.75) is 19.5 Å². The average molecular weight is 431 g/mol. The lowest BCUT2D eigenvalue weighted by atomic mass is 9.95. The number of carbonyl (C=O) groups is 3. The molecule has 0 spiro atoms. The Morgan fingerprint density at radius 2 is 1.74 bits per heavy atom. The first kappa shape index (κ1) is 22.2. The number of alkyl halides is 2. The first-order chi connectivity index (χ1) is 14.9. The van der Waals surface area contributed by atoms with E-state index in [1.54, 1.807) is 4.90 Å². The molecule has 2 aromatic rings. The molecule has 0 aliphatic carbocycles. The summed E-state index contributed by atoms with van der Waals surface area (Å²) in [5.41, 5.74) is 0.846. The number of carbonyl (C=O) groups excluding carboxylic acids is 3. The van der Waals surface area contributed by atoms with Gasteiger partial charge in [-0.05, 0) is 43.2 Å². The maximum Gasteiger partial charge on any atom is 0.387 e. The fourth-order valence-electron chi connectivity index (χ4n) is 3.34. The molecule has 3 amide bonds. The average Bonchev–Trinajstić information content (AvgIpc) is 2.77. The second kappa shape index (κ2) is 10.5. The highest BCUT2D eigenvalue weighted by Crippen LogP contribution is 2.20. The first-order valence-corrected chi connectivity index (χ1v) is 9.89. The Kier molecular flexibility index (Phi) is 7.53. The number of benzene rings is 2. The summed E-state index contributed by atoms with van der Waals surface area (Å²) in [5.74, 6) is -1.22. The monoisotopic (exact) mass is 431 g/mol. The number of piperidine rings is 1. The van der Waals surface area contributed by atoms with Crippen LogP contribution in [0.25, 0.3) is 0 Å². The van der Waals surface area contributed by atoms with Crippen LogP contribution in [0.5, 0.6) is 5.75 Å². The summed E-state index contributed by atoms with van der Waals surface area (Å²) in [5, 5.41) is 5.36. The summed E-state index contributed by atoms with van der Waals surface area (Å²) in [6.45, 7) is -2.38. The van der Waals surface area contributed by atoms with Crippen LogP contribution in [0.1, 0.15) is 23.2 Å². The van der Waals surface area contributed by atoms with Crippen molar-refractivity contribution >= 4 is 23.4 Å². The smallest absolute Gasteiger partial charge is 0.387 e. The van der Waals surface area contributed by atoms with Crippen LogP contribution >= 0.6 is 0 Å². The fraction of sp³-hybridized carbons (Fsp3) is 0.318. The Morgan fingerprint density at radius 1 is 1.03 bits per heavy atom. The van der Waals surface area contributed by atoms with Crippen LogP contribution in [0.15, 0.2) is 54.6 Å². The molecule has 1 heterocycles. The number of hydrogen-bond donors (Lipinski definition) is 2. The van der Waals surface area contributed by atoms with E-state index < -0.39 is 12.5 Å². The molecule has 2 aromatic carbocycles. The van der Waals surface area contributed by atoms with Gasteiger partial charge in [-0.1, -0.05) is 24.3 Å². The van der Waals surface area contributed by atoms with Crippen LogP contribution in [0.2, 0.25) is 0 Å². The molecule has 0 atom stereocenters. The molecular weight excluding hydrogens is 408 g/mol. The third-order valence-electron chi connectivity index (χ3n) is 4.98. The van der Waals surface area contributed by atoms with Crippen molar-refractivity contribution in [3.8, 4) is 5.75 Å². The Bertz CT molecular complexity index is 916. The van der Waals surface area contributed by atoms with Crippen molar-refractivity contribution in [2.24, 2.45) is 5.92 Å². The highest BCUT2D eigenvalue weighted by atomic mass is 19.3. The summed E-state index contributed by atoms with van der Waals surface area (Å²) in [4.78, 5) is 38.6. The Hall–Kier alpha value is -3.49. The van der Waals surface area contributed by atoms with Crippen LogP contribution in [-0.2, 0) is 9.59 Å². The largest absolute Gasteiger partial charge is 0.435 e. The Balaban J connectivity index is 1.44. The van der Waals surface area contributed by atoms with Crippen LogP contribution in [0, 0.1) is 5.92 Å². The number of nitrogens with one attached hydrogen (secondary N) is 2. The molecule has 2 N–H and O–H groups in total. The standard InChI is InChI=1S/C22H23F2N3O4/c23-22(24)31-18-8-4-5-16(13-18)20(29)25-14-19(28)27-11-9-15(10-12-27)21(30)26-17-6-2-1-3-7-17/h1-8,13,15,22H,9-12,14H2,(H,25,29)(H,26,30). The topological polar surface area (TPSA) is 87.7 Å². The minimum absolute atomic E-state index is 0.0718. The van der Waals surface area contributed by atoms with E-state index in [-0.39, 0.29) is 35.6 Å². The van der Waals surface area contributed by atoms with Gasteiger partial charge in [0.15, 0.2) is 0 Å². The third kappa shape index (κ3) is 6.50. The molecule has 0 unspecified atom stereocenters. The molecule has 1 saturated heterocycles. The van der Waals surface area contributed by atoms with Gasteiger partial charge in [-0.2, -0.15) is 8.78 Å². The van der Waals surface area contributed by atoms with Gasteiger partial charge in [-0.15, -0.1) is 0 Å². The van der Waals surface area contributed by atoms with Gasteiger partial charge in [-0.3, -0.25) is 14.4 Å². The highest BCUT2D eigenvalue weighted by Gasteiger charge is 2.27. The minimum atomic E-state index is -2.99. The van der Waals surface area contributed by atoms with Crippen molar-refractivity contribution in [1.29, 1.82) is 0 Å². The minimum Gasteiger partial charge on any atom is -0.435 e. The maximum atomic E-state index is 12.4. The van der Waals surface area contributed by atoms with E-state index in [2.05, 4.69) is 15.4 Å². The van der Waals surface area contributed by atoms with Gasteiger partial charge in [0.25, 0.3) is 5.91 Å². The van der Waals surface area contributed by atoms with E-state index in [0.717, 1.165) is 5.69 Å². The number of nitrogens with zero attached hydrogens (tertiary/aromatic N) is 1. The number of halogens is 2. The Morgan fingerprint density at radius 3 is 2.42 bits per heavy atom. The zero-order chi connectivity index (χ0) is 22.2. The number of amides is 3. The van der Waals surface area contributed by atoms with E-state index in [1.165, 1.54) is 24.3 Å². The van der Waals surface area contributed by atoms with Gasteiger partial charge in [0, 0.05) is 30.3 Å². The predicted octanol–water partition coefficient (Wildman–Crippen LogP) is 2.90. The molecule has 31 heavy (non-hydrogen) atoms. The van der Waals surface area contributed by atoms with E-state index >= 15 is 0 Å². The molecule has 0 bridgehead atoms. The van der Waals surface area contributed by atoms with Crippen LogP contribution in [0.4, 0.5) is 14.5 Å². The SMILES string of the molecule is O=C(NCC(=O)N1CCC(C(=O)Nc2ccccc2)CC1)c1cccc(OC(F)F)c1. The quantitative estimate of drug-likeness (QED) is 0.706. The molecule has 1 fully saturated rings. The molecule has 1 aliphatic rings. The van der Waals surface area contributed by atoms with Crippen LogP contribution < -0.4 is 15.4 Å². The van der Waals surface area contributed by atoms with E-state index in [9.17, 15) is 23.2 Å². The van der Waals surface area contributed by atoms with Gasteiger partial charge in [-0.25, -0.2) is 0 Å². The van der Waals surface area contributed by atoms with Crippen molar-refractivity contribution in [2.75, 3.05) is 25.0 Å². The summed E-state index contributed by atoms with van der Waals surface area (Å²) < 4.78 is 28.9. The van der Waals surface area contributed by atoms with Gasteiger partial charge in [0.2, 0.25) is 11.8 Å². The van der Waals surface area contributed by atoms with Gasteiger partial charge >= 0.3 is 6.61 Å². The molecule has 164 valence electrons. The summed E-state index contributed by atoms with van der Waals surface area (Å²) >= 11 is 0. The molecule has 3 rings (SSSR count). The normalized spacial score (nSPS) is 14.2. The molecule has 1 aliphatic heterocycles. The van der Waals surface area contributed by atoms with E-state index in [0.29, 0.717) is 25.9 Å². The van der Waals surface area contributed by atoms with Crippen molar-refractivity contribution < 1.29 is 27.9 Å². The van der Waals surface area contributed by atoms with Crippen molar-refractivity contribution in [3.05, 3.63) is 60.2 Å². The summed E-state index contributed by atoms with van der Waals surface area (Å²) in [6.07, 6.45) is 1.07. The van der Waals surface area contributed by atoms with Gasteiger partial charge in [0.05, 0.1) is 6.54 Å². The van der Waals surface area contributed by atoms with Crippen LogP contribution in [0.3, 0.4) is 0 Å². The predicted molar refractivity (Wildman–Crippen MR) is 110 cm³/mol. The number of ether oxygens (including phenoxy) is 1. The fourth-order valence-corrected chi connectivity index (χ4v) is 3.34. The lowest BCUT2D eigenvalue weighted by Crippen LogP contribution is -2.45. The van der Waals surface area contributed by atoms with Crippen LogP contribution in [-0.4, -0.2) is 48.9 Å². The molecule has 9 heteroatoms. The van der Waals surface area contributed by atoms with E-state index in [4.69, 9.17) is 0 Å². The van der Waals surface area contributed by atoms with Gasteiger partial charge < -0.3 is 20.3 Å². The van der Waals surface area contributed by atoms with Crippen molar-refractivity contribution in [3.63, 3.8) is 0 Å².